The van der Waals surface area contributed by atoms with Crippen LogP contribution in [0.5, 0.6) is 0 Å². The minimum absolute atomic E-state index is 0.0399. The van der Waals surface area contributed by atoms with Gasteiger partial charge in [-0.2, -0.15) is 0 Å². The maximum atomic E-state index is 11.9. The van der Waals surface area contributed by atoms with Crippen molar-refractivity contribution < 1.29 is 9.90 Å². The van der Waals surface area contributed by atoms with Gasteiger partial charge in [0, 0.05) is 0 Å². The van der Waals surface area contributed by atoms with Gasteiger partial charge in [0.25, 0.3) is 0 Å². The van der Waals surface area contributed by atoms with Crippen molar-refractivity contribution in [3.05, 3.63) is 35.9 Å². The Labute approximate surface area is 114 Å². The zero-order chi connectivity index (χ0) is 13.7. The van der Waals surface area contributed by atoms with Crippen LogP contribution in [0.1, 0.15) is 44.2 Å². The summed E-state index contributed by atoms with van der Waals surface area (Å²) in [6, 6.07) is 9.48. The Balaban J connectivity index is 1.84. The van der Waals surface area contributed by atoms with Crippen molar-refractivity contribution >= 4 is 6.03 Å². The van der Waals surface area contributed by atoms with Gasteiger partial charge < -0.3 is 15.7 Å². The molecule has 0 radical (unpaired) electrons. The fourth-order valence-electron chi connectivity index (χ4n) is 2.51. The van der Waals surface area contributed by atoms with Crippen LogP contribution in [0.4, 0.5) is 4.79 Å². The van der Waals surface area contributed by atoms with Crippen molar-refractivity contribution in [1.82, 2.24) is 10.6 Å². The molecule has 1 aromatic rings. The van der Waals surface area contributed by atoms with Crippen molar-refractivity contribution in [3.8, 4) is 0 Å². The molecular formula is C15H22N2O2. The monoisotopic (exact) mass is 262 g/mol. The molecule has 1 saturated carbocycles. The molecule has 0 aromatic heterocycles. The lowest BCUT2D eigenvalue weighted by atomic mass is 9.93. The first-order chi connectivity index (χ1) is 9.16. The van der Waals surface area contributed by atoms with E-state index in [1.54, 1.807) is 0 Å². The number of benzene rings is 1. The van der Waals surface area contributed by atoms with Crippen LogP contribution < -0.4 is 10.6 Å². The zero-order valence-electron chi connectivity index (χ0n) is 11.3. The predicted molar refractivity (Wildman–Crippen MR) is 74.8 cm³/mol. The second kappa shape index (κ2) is 6.57. The number of aliphatic hydroxyl groups excluding tert-OH is 1. The molecule has 3 unspecified atom stereocenters. The SMILES string of the molecule is CC(NC(=O)NC1CCCCC1O)c1ccccc1. The van der Waals surface area contributed by atoms with E-state index in [-0.39, 0.29) is 18.1 Å². The number of carbonyl (C=O) groups is 1. The Morgan fingerprint density at radius 1 is 1.26 bits per heavy atom. The lowest BCUT2D eigenvalue weighted by molar-refractivity contribution is 0.0941. The zero-order valence-corrected chi connectivity index (χ0v) is 11.3. The first-order valence-corrected chi connectivity index (χ1v) is 6.97. The molecule has 0 heterocycles. The molecule has 1 aliphatic carbocycles. The Hall–Kier alpha value is -1.55. The van der Waals surface area contributed by atoms with Crippen molar-refractivity contribution in [2.45, 2.75) is 50.8 Å². The van der Waals surface area contributed by atoms with Gasteiger partial charge in [-0.05, 0) is 25.3 Å². The second-order valence-electron chi connectivity index (χ2n) is 5.21. The molecule has 1 aromatic carbocycles. The molecule has 0 aliphatic heterocycles. The van der Waals surface area contributed by atoms with Crippen molar-refractivity contribution in [1.29, 1.82) is 0 Å². The van der Waals surface area contributed by atoms with E-state index >= 15 is 0 Å². The van der Waals surface area contributed by atoms with Gasteiger partial charge in [-0.15, -0.1) is 0 Å². The molecule has 0 spiro atoms. The quantitative estimate of drug-likeness (QED) is 0.783. The average molecular weight is 262 g/mol. The number of hydrogen-bond acceptors (Lipinski definition) is 2. The third kappa shape index (κ3) is 3.96. The summed E-state index contributed by atoms with van der Waals surface area (Å²) in [5.74, 6) is 0. The molecular weight excluding hydrogens is 240 g/mol. The van der Waals surface area contributed by atoms with Gasteiger partial charge in [-0.1, -0.05) is 43.2 Å². The fraction of sp³-hybridized carbons (Fsp3) is 0.533. The minimum atomic E-state index is -0.411. The van der Waals surface area contributed by atoms with Crippen molar-refractivity contribution in [2.75, 3.05) is 0 Å². The van der Waals surface area contributed by atoms with Gasteiger partial charge in [0.2, 0.25) is 0 Å². The molecule has 0 bridgehead atoms. The Morgan fingerprint density at radius 3 is 2.63 bits per heavy atom. The third-order valence-corrected chi connectivity index (χ3v) is 3.69. The Morgan fingerprint density at radius 2 is 1.95 bits per heavy atom. The van der Waals surface area contributed by atoms with Gasteiger partial charge in [0.05, 0.1) is 18.2 Å². The summed E-state index contributed by atoms with van der Waals surface area (Å²) >= 11 is 0. The summed E-state index contributed by atoms with van der Waals surface area (Å²) in [5, 5.41) is 15.6. The molecule has 19 heavy (non-hydrogen) atoms. The molecule has 1 aliphatic rings. The first-order valence-electron chi connectivity index (χ1n) is 6.97. The van der Waals surface area contributed by atoms with E-state index in [1.807, 2.05) is 37.3 Å². The van der Waals surface area contributed by atoms with Crippen molar-refractivity contribution in [3.63, 3.8) is 0 Å². The van der Waals surface area contributed by atoms with Crippen LogP contribution in [0.2, 0.25) is 0 Å². The summed E-state index contributed by atoms with van der Waals surface area (Å²) < 4.78 is 0. The largest absolute Gasteiger partial charge is 0.391 e. The summed E-state index contributed by atoms with van der Waals surface area (Å²) in [6.07, 6.45) is 3.33. The van der Waals surface area contributed by atoms with E-state index in [1.165, 1.54) is 0 Å². The summed E-state index contributed by atoms with van der Waals surface area (Å²) in [5.41, 5.74) is 1.07. The smallest absolute Gasteiger partial charge is 0.315 e. The minimum Gasteiger partial charge on any atom is -0.391 e. The number of carbonyl (C=O) groups excluding carboxylic acids is 1. The molecule has 4 nitrogen and oxygen atoms in total. The van der Waals surface area contributed by atoms with Crippen LogP contribution >= 0.6 is 0 Å². The summed E-state index contributed by atoms with van der Waals surface area (Å²) in [7, 11) is 0. The molecule has 2 amide bonds. The van der Waals surface area contributed by atoms with Crippen LogP contribution in [0.3, 0.4) is 0 Å². The number of hydrogen-bond donors (Lipinski definition) is 3. The molecule has 104 valence electrons. The van der Waals surface area contributed by atoms with Crippen LogP contribution in [0.25, 0.3) is 0 Å². The Kier molecular flexibility index (Phi) is 4.80. The van der Waals surface area contributed by atoms with Crippen LogP contribution in [-0.4, -0.2) is 23.3 Å². The number of aliphatic hydroxyl groups is 1. The van der Waals surface area contributed by atoms with E-state index in [0.29, 0.717) is 0 Å². The second-order valence-corrected chi connectivity index (χ2v) is 5.21. The fourth-order valence-corrected chi connectivity index (χ4v) is 2.51. The average Bonchev–Trinajstić information content (AvgIpc) is 2.42. The molecule has 0 saturated heterocycles. The van der Waals surface area contributed by atoms with E-state index < -0.39 is 6.10 Å². The van der Waals surface area contributed by atoms with Crippen LogP contribution in [-0.2, 0) is 0 Å². The van der Waals surface area contributed by atoms with Crippen LogP contribution in [0.15, 0.2) is 30.3 Å². The number of urea groups is 1. The Bertz CT molecular complexity index is 408. The molecule has 1 fully saturated rings. The predicted octanol–water partition coefficient (Wildman–Crippen LogP) is 2.35. The highest BCUT2D eigenvalue weighted by Gasteiger charge is 2.24. The number of nitrogens with one attached hydrogen (secondary N) is 2. The molecule has 4 heteroatoms. The van der Waals surface area contributed by atoms with Crippen molar-refractivity contribution in [2.24, 2.45) is 0 Å². The topological polar surface area (TPSA) is 61.4 Å². The summed E-state index contributed by atoms with van der Waals surface area (Å²) in [6.45, 7) is 1.95. The highest BCUT2D eigenvalue weighted by Crippen LogP contribution is 2.18. The third-order valence-electron chi connectivity index (χ3n) is 3.69. The maximum Gasteiger partial charge on any atom is 0.315 e. The van der Waals surface area contributed by atoms with E-state index in [4.69, 9.17) is 0 Å². The van der Waals surface area contributed by atoms with Crippen LogP contribution in [0, 0.1) is 0 Å². The molecule has 3 N–H and O–H groups in total. The van der Waals surface area contributed by atoms with Gasteiger partial charge in [-0.25, -0.2) is 4.79 Å². The normalized spacial score (nSPS) is 24.5. The maximum absolute atomic E-state index is 11.9. The van der Waals surface area contributed by atoms with Gasteiger partial charge in [-0.3, -0.25) is 0 Å². The van der Waals surface area contributed by atoms with Gasteiger partial charge >= 0.3 is 6.03 Å². The van der Waals surface area contributed by atoms with E-state index in [0.717, 1.165) is 31.2 Å². The molecule has 2 rings (SSSR count). The highest BCUT2D eigenvalue weighted by atomic mass is 16.3. The van der Waals surface area contributed by atoms with E-state index in [9.17, 15) is 9.90 Å². The highest BCUT2D eigenvalue weighted by molar-refractivity contribution is 5.74. The first kappa shape index (κ1) is 13.9. The number of rotatable bonds is 3. The number of amides is 2. The van der Waals surface area contributed by atoms with Gasteiger partial charge in [0.1, 0.15) is 0 Å². The lowest BCUT2D eigenvalue weighted by Crippen LogP contribution is -2.49. The lowest BCUT2D eigenvalue weighted by Gasteiger charge is -2.29. The van der Waals surface area contributed by atoms with Gasteiger partial charge in [0.15, 0.2) is 0 Å². The molecule has 3 atom stereocenters. The standard InChI is InChI=1S/C15H22N2O2/c1-11(12-7-3-2-4-8-12)16-15(19)17-13-9-5-6-10-14(13)18/h2-4,7-8,11,13-14,18H,5-6,9-10H2,1H3,(H2,16,17,19). The van der Waals surface area contributed by atoms with E-state index in [2.05, 4.69) is 10.6 Å². The summed E-state index contributed by atoms with van der Waals surface area (Å²) in [4.78, 5) is 11.9.